The Bertz CT molecular complexity index is 399. The van der Waals surface area contributed by atoms with Gasteiger partial charge < -0.3 is 14.9 Å². The molecule has 5 heteroatoms. The van der Waals surface area contributed by atoms with E-state index in [1.807, 2.05) is 0 Å². The lowest BCUT2D eigenvalue weighted by molar-refractivity contribution is 0.267. The Kier molecular flexibility index (Phi) is 3.59. The highest BCUT2D eigenvalue weighted by Gasteiger charge is 2.24. The zero-order valence-corrected chi connectivity index (χ0v) is 10.2. The molecule has 1 aliphatic rings. The second-order valence-corrected chi connectivity index (χ2v) is 4.60. The molecule has 1 aromatic rings. The van der Waals surface area contributed by atoms with Gasteiger partial charge in [0.05, 0.1) is 12.8 Å². The quantitative estimate of drug-likeness (QED) is 0.830. The third-order valence-corrected chi connectivity index (χ3v) is 3.18. The minimum absolute atomic E-state index is 0.181. The molecule has 1 aromatic heterocycles. The van der Waals surface area contributed by atoms with E-state index in [4.69, 9.17) is 0 Å². The van der Waals surface area contributed by atoms with Crippen molar-refractivity contribution < 1.29 is 9.50 Å². The minimum Gasteiger partial charge on any atom is -0.392 e. The van der Waals surface area contributed by atoms with Crippen molar-refractivity contribution in [2.45, 2.75) is 19.6 Å². The van der Waals surface area contributed by atoms with Crippen molar-refractivity contribution in [2.75, 3.05) is 31.6 Å². The summed E-state index contributed by atoms with van der Waals surface area (Å²) in [5.74, 6) is 0.300. The van der Waals surface area contributed by atoms with Gasteiger partial charge in [0, 0.05) is 31.2 Å². The summed E-state index contributed by atoms with van der Waals surface area (Å²) in [6.07, 6.45) is 1.21. The number of anilines is 1. The van der Waals surface area contributed by atoms with Gasteiger partial charge in [0.1, 0.15) is 11.6 Å². The average molecular weight is 239 g/mol. The van der Waals surface area contributed by atoms with Crippen LogP contribution in [-0.2, 0) is 6.61 Å². The normalized spacial score (nSPS) is 21.9. The van der Waals surface area contributed by atoms with Crippen molar-refractivity contribution in [3.63, 3.8) is 0 Å². The van der Waals surface area contributed by atoms with Crippen molar-refractivity contribution in [1.29, 1.82) is 0 Å². The van der Waals surface area contributed by atoms with Crippen LogP contribution in [0, 0.1) is 5.82 Å². The van der Waals surface area contributed by atoms with Gasteiger partial charge in [-0.2, -0.15) is 0 Å². The molecule has 0 spiro atoms. The number of pyridine rings is 1. The van der Waals surface area contributed by atoms with Gasteiger partial charge >= 0.3 is 0 Å². The monoisotopic (exact) mass is 239 g/mol. The van der Waals surface area contributed by atoms with Crippen LogP contribution in [0.4, 0.5) is 10.2 Å². The zero-order valence-electron chi connectivity index (χ0n) is 10.2. The predicted molar refractivity (Wildman–Crippen MR) is 64.4 cm³/mol. The van der Waals surface area contributed by atoms with Crippen molar-refractivity contribution in [3.8, 4) is 0 Å². The lowest BCUT2D eigenvalue weighted by Crippen LogP contribution is -2.51. The number of nitrogens with zero attached hydrogens (tertiary/aromatic N) is 3. The lowest BCUT2D eigenvalue weighted by atomic mass is 10.1. The summed E-state index contributed by atoms with van der Waals surface area (Å²) in [5.41, 5.74) is 0.557. The summed E-state index contributed by atoms with van der Waals surface area (Å²) in [6.45, 7) is 4.68. The van der Waals surface area contributed by atoms with Gasteiger partial charge in [-0.25, -0.2) is 9.37 Å². The summed E-state index contributed by atoms with van der Waals surface area (Å²) in [4.78, 5) is 8.50. The van der Waals surface area contributed by atoms with Crippen LogP contribution in [-0.4, -0.2) is 47.7 Å². The first kappa shape index (κ1) is 12.3. The molecule has 0 aromatic carbocycles. The standard InChI is InChI=1S/C12H18FN3O/c1-9-7-15(2)3-4-16(9)12-10(8-17)5-11(13)6-14-12/h5-6,9,17H,3-4,7-8H2,1-2H3. The molecular weight excluding hydrogens is 221 g/mol. The number of hydrogen-bond acceptors (Lipinski definition) is 4. The van der Waals surface area contributed by atoms with E-state index in [2.05, 4.69) is 28.8 Å². The van der Waals surface area contributed by atoms with Crippen LogP contribution in [0.1, 0.15) is 12.5 Å². The summed E-state index contributed by atoms with van der Waals surface area (Å²) >= 11 is 0. The Balaban J connectivity index is 2.27. The van der Waals surface area contributed by atoms with E-state index in [0.717, 1.165) is 19.6 Å². The topological polar surface area (TPSA) is 39.6 Å². The first-order valence-electron chi connectivity index (χ1n) is 5.82. The van der Waals surface area contributed by atoms with Crippen molar-refractivity contribution in [3.05, 3.63) is 23.6 Å². The van der Waals surface area contributed by atoms with E-state index in [-0.39, 0.29) is 6.61 Å². The minimum atomic E-state index is -0.403. The van der Waals surface area contributed by atoms with Crippen molar-refractivity contribution in [2.24, 2.45) is 0 Å². The van der Waals surface area contributed by atoms with Crippen molar-refractivity contribution in [1.82, 2.24) is 9.88 Å². The van der Waals surface area contributed by atoms with Gasteiger partial charge in [-0.3, -0.25) is 0 Å². The fraction of sp³-hybridized carbons (Fsp3) is 0.583. The molecule has 0 saturated carbocycles. The van der Waals surface area contributed by atoms with Crippen LogP contribution in [0.25, 0.3) is 0 Å². The predicted octanol–water partition coefficient (Wildman–Crippen LogP) is 0.853. The van der Waals surface area contributed by atoms with E-state index in [1.54, 1.807) is 0 Å². The van der Waals surface area contributed by atoms with Crippen LogP contribution in [0.2, 0.25) is 0 Å². The Morgan fingerprint density at radius 3 is 2.94 bits per heavy atom. The van der Waals surface area contributed by atoms with Crippen LogP contribution in [0.15, 0.2) is 12.3 Å². The van der Waals surface area contributed by atoms with Gasteiger partial charge in [0.2, 0.25) is 0 Å². The van der Waals surface area contributed by atoms with E-state index in [0.29, 0.717) is 17.4 Å². The Morgan fingerprint density at radius 2 is 2.29 bits per heavy atom. The maximum atomic E-state index is 13.1. The number of likely N-dealkylation sites (N-methyl/N-ethyl adjacent to an activating group) is 1. The van der Waals surface area contributed by atoms with Gasteiger partial charge in [0.15, 0.2) is 0 Å². The van der Waals surface area contributed by atoms with Crippen molar-refractivity contribution >= 4 is 5.82 Å². The van der Waals surface area contributed by atoms with E-state index < -0.39 is 5.82 Å². The van der Waals surface area contributed by atoms with Crippen LogP contribution in [0.5, 0.6) is 0 Å². The molecule has 4 nitrogen and oxygen atoms in total. The summed E-state index contributed by atoms with van der Waals surface area (Å²) in [5, 5.41) is 9.27. The average Bonchev–Trinajstić information content (AvgIpc) is 2.30. The third-order valence-electron chi connectivity index (χ3n) is 3.18. The molecule has 2 heterocycles. The highest BCUT2D eigenvalue weighted by molar-refractivity contribution is 5.48. The first-order valence-corrected chi connectivity index (χ1v) is 5.82. The molecule has 1 N–H and O–H groups in total. The molecule has 2 rings (SSSR count). The van der Waals surface area contributed by atoms with E-state index in [1.165, 1.54) is 12.3 Å². The highest BCUT2D eigenvalue weighted by atomic mass is 19.1. The molecule has 0 amide bonds. The molecule has 0 bridgehead atoms. The SMILES string of the molecule is CC1CN(C)CCN1c1ncc(F)cc1CO. The van der Waals surface area contributed by atoms with E-state index in [9.17, 15) is 9.50 Å². The van der Waals surface area contributed by atoms with E-state index >= 15 is 0 Å². The number of aliphatic hydroxyl groups excluding tert-OH is 1. The molecular formula is C12H18FN3O. The number of aromatic nitrogens is 1. The van der Waals surface area contributed by atoms with Crippen LogP contribution >= 0.6 is 0 Å². The van der Waals surface area contributed by atoms with Crippen LogP contribution < -0.4 is 4.90 Å². The smallest absolute Gasteiger partial charge is 0.142 e. The second-order valence-electron chi connectivity index (χ2n) is 4.60. The summed E-state index contributed by atoms with van der Waals surface area (Å²) in [7, 11) is 2.08. The number of aliphatic hydroxyl groups is 1. The maximum Gasteiger partial charge on any atom is 0.142 e. The number of hydrogen-bond donors (Lipinski definition) is 1. The molecule has 94 valence electrons. The molecule has 1 saturated heterocycles. The zero-order chi connectivity index (χ0) is 12.4. The Labute approximate surface area is 101 Å². The molecule has 0 aliphatic carbocycles. The van der Waals surface area contributed by atoms with Gasteiger partial charge in [-0.1, -0.05) is 0 Å². The molecule has 17 heavy (non-hydrogen) atoms. The van der Waals surface area contributed by atoms with Gasteiger partial charge in [0.25, 0.3) is 0 Å². The Hall–Kier alpha value is -1.20. The Morgan fingerprint density at radius 1 is 1.53 bits per heavy atom. The number of halogens is 1. The summed E-state index contributed by atoms with van der Waals surface area (Å²) in [6, 6.07) is 1.67. The summed E-state index contributed by atoms with van der Waals surface area (Å²) < 4.78 is 13.1. The third kappa shape index (κ3) is 2.56. The molecule has 0 radical (unpaired) electrons. The van der Waals surface area contributed by atoms with Crippen LogP contribution in [0.3, 0.4) is 0 Å². The fourth-order valence-electron chi connectivity index (χ4n) is 2.30. The maximum absolute atomic E-state index is 13.1. The molecule has 1 unspecified atom stereocenters. The lowest BCUT2D eigenvalue weighted by Gasteiger charge is -2.39. The van der Waals surface area contributed by atoms with Gasteiger partial charge in [-0.15, -0.1) is 0 Å². The molecule has 1 fully saturated rings. The number of piperazine rings is 1. The molecule has 1 aliphatic heterocycles. The van der Waals surface area contributed by atoms with Gasteiger partial charge in [-0.05, 0) is 20.0 Å². The fourth-order valence-corrected chi connectivity index (χ4v) is 2.30. The number of rotatable bonds is 2. The molecule has 1 atom stereocenters. The largest absolute Gasteiger partial charge is 0.392 e. The first-order chi connectivity index (χ1) is 8.11. The highest BCUT2D eigenvalue weighted by Crippen LogP contribution is 2.22. The second kappa shape index (κ2) is 4.98.